The van der Waals surface area contributed by atoms with E-state index in [1.165, 1.54) is 6.54 Å². The predicted molar refractivity (Wildman–Crippen MR) is 80.2 cm³/mol. The van der Waals surface area contributed by atoms with E-state index in [-0.39, 0.29) is 5.91 Å². The molecule has 0 radical (unpaired) electrons. The van der Waals surface area contributed by atoms with Crippen LogP contribution >= 0.6 is 0 Å². The van der Waals surface area contributed by atoms with Crippen LogP contribution < -0.4 is 5.32 Å². The summed E-state index contributed by atoms with van der Waals surface area (Å²) in [6.07, 6.45) is 2.31. The molecular formula is C15H31N3O. The van der Waals surface area contributed by atoms with Gasteiger partial charge in [-0.25, -0.2) is 0 Å². The topological polar surface area (TPSA) is 35.6 Å². The molecule has 1 N–H and O–H groups in total. The van der Waals surface area contributed by atoms with Crippen molar-refractivity contribution in [1.82, 2.24) is 15.1 Å². The molecule has 0 aromatic rings. The fourth-order valence-electron chi connectivity index (χ4n) is 2.62. The molecule has 0 unspecified atom stereocenters. The van der Waals surface area contributed by atoms with E-state index in [1.807, 2.05) is 4.90 Å². The van der Waals surface area contributed by atoms with Crippen molar-refractivity contribution in [3.8, 4) is 0 Å². The molecular weight excluding hydrogens is 238 g/mol. The maximum atomic E-state index is 12.0. The second kappa shape index (κ2) is 8.54. The lowest BCUT2D eigenvalue weighted by atomic mass is 9.96. The first-order chi connectivity index (χ1) is 9.06. The summed E-state index contributed by atoms with van der Waals surface area (Å²) < 4.78 is 0. The van der Waals surface area contributed by atoms with Crippen LogP contribution in [0.4, 0.5) is 0 Å². The van der Waals surface area contributed by atoms with Gasteiger partial charge < -0.3 is 15.1 Å². The fourth-order valence-corrected chi connectivity index (χ4v) is 2.62. The second-order valence-corrected chi connectivity index (χ2v) is 5.85. The molecule has 4 heteroatoms. The van der Waals surface area contributed by atoms with E-state index < -0.39 is 0 Å². The summed E-state index contributed by atoms with van der Waals surface area (Å²) in [7, 11) is 0. The van der Waals surface area contributed by atoms with Crippen molar-refractivity contribution in [2.45, 2.75) is 46.6 Å². The van der Waals surface area contributed by atoms with Crippen LogP contribution in [0.15, 0.2) is 0 Å². The lowest BCUT2D eigenvalue weighted by molar-refractivity contribution is -0.131. The monoisotopic (exact) mass is 269 g/mol. The van der Waals surface area contributed by atoms with Crippen LogP contribution in [0.3, 0.4) is 0 Å². The lowest BCUT2D eigenvalue weighted by Crippen LogP contribution is -2.45. The molecule has 0 aliphatic carbocycles. The number of amides is 1. The maximum absolute atomic E-state index is 12.0. The zero-order valence-corrected chi connectivity index (χ0v) is 13.1. The second-order valence-electron chi connectivity index (χ2n) is 5.85. The van der Waals surface area contributed by atoms with E-state index in [1.54, 1.807) is 0 Å². The third-order valence-corrected chi connectivity index (χ3v) is 4.04. The number of likely N-dealkylation sites (tertiary alicyclic amines) is 1. The number of rotatable bonds is 7. The number of hydrogen-bond acceptors (Lipinski definition) is 3. The molecule has 0 atom stereocenters. The smallest absolute Gasteiger partial charge is 0.236 e. The van der Waals surface area contributed by atoms with E-state index in [2.05, 4.69) is 37.9 Å². The van der Waals surface area contributed by atoms with Gasteiger partial charge in [-0.15, -0.1) is 0 Å². The molecule has 1 rings (SSSR count). The van der Waals surface area contributed by atoms with Crippen molar-refractivity contribution in [3.05, 3.63) is 0 Å². The summed E-state index contributed by atoms with van der Waals surface area (Å²) in [5, 5.41) is 3.20. The molecule has 0 aromatic carbocycles. The van der Waals surface area contributed by atoms with Crippen LogP contribution in [-0.4, -0.2) is 61.0 Å². The number of piperidine rings is 1. The predicted octanol–water partition coefficient (Wildman–Crippen LogP) is 1.56. The normalized spacial score (nSPS) is 17.5. The largest absolute Gasteiger partial charge is 0.342 e. The standard InChI is InChI=1S/C15H31N3O/c1-5-17(6-2)12-14-7-9-18(10-8-14)15(19)11-16-13(3)4/h13-14,16H,5-12H2,1-4H3. The van der Waals surface area contributed by atoms with Crippen molar-refractivity contribution < 1.29 is 4.79 Å². The maximum Gasteiger partial charge on any atom is 0.236 e. The molecule has 0 spiro atoms. The van der Waals surface area contributed by atoms with Gasteiger partial charge in [-0.3, -0.25) is 4.79 Å². The Hall–Kier alpha value is -0.610. The van der Waals surface area contributed by atoms with Gasteiger partial charge in [0.1, 0.15) is 0 Å². The molecule has 0 saturated carbocycles. The fraction of sp³-hybridized carbons (Fsp3) is 0.933. The molecule has 1 saturated heterocycles. The van der Waals surface area contributed by atoms with Gasteiger partial charge in [0, 0.05) is 25.7 Å². The van der Waals surface area contributed by atoms with E-state index in [4.69, 9.17) is 0 Å². The van der Waals surface area contributed by atoms with E-state index in [0.29, 0.717) is 12.6 Å². The van der Waals surface area contributed by atoms with Gasteiger partial charge in [-0.1, -0.05) is 27.7 Å². The Morgan fingerprint density at radius 2 is 1.84 bits per heavy atom. The minimum Gasteiger partial charge on any atom is -0.342 e. The molecule has 112 valence electrons. The van der Waals surface area contributed by atoms with Crippen LogP contribution in [0.25, 0.3) is 0 Å². The van der Waals surface area contributed by atoms with Crippen molar-refractivity contribution in [3.63, 3.8) is 0 Å². The lowest BCUT2D eigenvalue weighted by Gasteiger charge is -2.34. The zero-order chi connectivity index (χ0) is 14.3. The Morgan fingerprint density at radius 1 is 1.26 bits per heavy atom. The molecule has 0 bridgehead atoms. The third kappa shape index (κ3) is 5.91. The average Bonchev–Trinajstić information content (AvgIpc) is 2.42. The zero-order valence-electron chi connectivity index (χ0n) is 13.1. The number of hydrogen-bond donors (Lipinski definition) is 1. The third-order valence-electron chi connectivity index (χ3n) is 4.04. The molecule has 1 heterocycles. The first kappa shape index (κ1) is 16.4. The van der Waals surface area contributed by atoms with Crippen LogP contribution in [0.2, 0.25) is 0 Å². The summed E-state index contributed by atoms with van der Waals surface area (Å²) in [5.74, 6) is 1.02. The summed E-state index contributed by atoms with van der Waals surface area (Å²) in [4.78, 5) is 16.5. The van der Waals surface area contributed by atoms with Gasteiger partial charge in [0.05, 0.1) is 6.54 Å². The van der Waals surface area contributed by atoms with Crippen molar-refractivity contribution >= 4 is 5.91 Å². The molecule has 1 fully saturated rings. The Labute approximate surface area is 118 Å². The van der Waals surface area contributed by atoms with Crippen molar-refractivity contribution in [2.75, 3.05) is 39.3 Å². The van der Waals surface area contributed by atoms with Crippen molar-refractivity contribution in [1.29, 1.82) is 0 Å². The highest BCUT2D eigenvalue weighted by molar-refractivity contribution is 5.78. The molecule has 1 aliphatic rings. The Balaban J connectivity index is 2.26. The van der Waals surface area contributed by atoms with Crippen LogP contribution in [0.1, 0.15) is 40.5 Å². The van der Waals surface area contributed by atoms with E-state index in [9.17, 15) is 4.79 Å². The number of nitrogens with zero attached hydrogens (tertiary/aromatic N) is 2. The van der Waals surface area contributed by atoms with Gasteiger partial charge in [0.15, 0.2) is 0 Å². The van der Waals surface area contributed by atoms with Crippen LogP contribution in [0, 0.1) is 5.92 Å². The van der Waals surface area contributed by atoms with Gasteiger partial charge in [0.25, 0.3) is 0 Å². The van der Waals surface area contributed by atoms with E-state index in [0.717, 1.165) is 44.9 Å². The molecule has 1 aliphatic heterocycles. The molecule has 0 aromatic heterocycles. The Bertz CT molecular complexity index is 256. The summed E-state index contributed by atoms with van der Waals surface area (Å²) in [5.41, 5.74) is 0. The van der Waals surface area contributed by atoms with Gasteiger partial charge >= 0.3 is 0 Å². The minimum atomic E-state index is 0.259. The highest BCUT2D eigenvalue weighted by Crippen LogP contribution is 2.18. The highest BCUT2D eigenvalue weighted by Gasteiger charge is 2.23. The Kier molecular flexibility index (Phi) is 7.39. The first-order valence-electron chi connectivity index (χ1n) is 7.80. The van der Waals surface area contributed by atoms with Crippen molar-refractivity contribution in [2.24, 2.45) is 5.92 Å². The minimum absolute atomic E-state index is 0.259. The summed E-state index contributed by atoms with van der Waals surface area (Å²) >= 11 is 0. The number of nitrogens with one attached hydrogen (secondary N) is 1. The number of carbonyl (C=O) groups excluding carboxylic acids is 1. The molecule has 19 heavy (non-hydrogen) atoms. The highest BCUT2D eigenvalue weighted by atomic mass is 16.2. The molecule has 4 nitrogen and oxygen atoms in total. The average molecular weight is 269 g/mol. The molecule has 1 amide bonds. The van der Waals surface area contributed by atoms with Gasteiger partial charge in [0.2, 0.25) is 5.91 Å². The van der Waals surface area contributed by atoms with Gasteiger partial charge in [-0.2, -0.15) is 0 Å². The summed E-state index contributed by atoms with van der Waals surface area (Å²) in [6.45, 7) is 14.4. The number of carbonyl (C=O) groups is 1. The van der Waals surface area contributed by atoms with E-state index >= 15 is 0 Å². The quantitative estimate of drug-likeness (QED) is 0.762. The van der Waals surface area contributed by atoms with Crippen LogP contribution in [0.5, 0.6) is 0 Å². The van der Waals surface area contributed by atoms with Crippen LogP contribution in [-0.2, 0) is 4.79 Å². The SMILES string of the molecule is CCN(CC)CC1CCN(C(=O)CNC(C)C)CC1. The first-order valence-corrected chi connectivity index (χ1v) is 7.80. The Morgan fingerprint density at radius 3 is 2.32 bits per heavy atom. The summed E-state index contributed by atoms with van der Waals surface area (Å²) in [6, 6.07) is 0.379. The van der Waals surface area contributed by atoms with Gasteiger partial charge in [-0.05, 0) is 31.8 Å².